The number of hydrogen-bond acceptors (Lipinski definition) is 3. The Morgan fingerprint density at radius 2 is 1.91 bits per heavy atom. The first-order valence-electron chi connectivity index (χ1n) is 7.39. The van der Waals surface area contributed by atoms with Gasteiger partial charge in [-0.2, -0.15) is 0 Å². The Morgan fingerprint density at radius 3 is 2.59 bits per heavy atom. The van der Waals surface area contributed by atoms with E-state index in [1.807, 2.05) is 37.3 Å². The lowest BCUT2D eigenvalue weighted by Crippen LogP contribution is -2.30. The molecule has 2 aromatic rings. The number of hydrogen-bond donors (Lipinski definition) is 2. The fraction of sp³-hybridized carbons (Fsp3) is 0.333. The first-order valence-corrected chi connectivity index (χ1v) is 7.39. The van der Waals surface area contributed by atoms with Gasteiger partial charge in [0.2, 0.25) is 0 Å². The van der Waals surface area contributed by atoms with Crippen molar-refractivity contribution in [1.82, 2.24) is 5.32 Å². The topological polar surface area (TPSA) is 41.5 Å². The van der Waals surface area contributed by atoms with E-state index < -0.39 is 6.10 Å². The summed E-state index contributed by atoms with van der Waals surface area (Å²) in [6.07, 6.45) is 0.139. The SMILES string of the molecule is COc1cc(C(C)NCC(O)Cc2ccccc2)ccc1F. The van der Waals surface area contributed by atoms with E-state index in [2.05, 4.69) is 5.32 Å². The van der Waals surface area contributed by atoms with E-state index in [1.165, 1.54) is 13.2 Å². The first-order chi connectivity index (χ1) is 10.6. The van der Waals surface area contributed by atoms with Gasteiger partial charge in [-0.25, -0.2) is 4.39 Å². The second-order valence-electron chi connectivity index (χ2n) is 5.37. The number of rotatable bonds is 7. The van der Waals surface area contributed by atoms with Crippen LogP contribution in [0.1, 0.15) is 24.1 Å². The maximum Gasteiger partial charge on any atom is 0.165 e. The molecule has 0 saturated heterocycles. The van der Waals surface area contributed by atoms with E-state index >= 15 is 0 Å². The second kappa shape index (κ2) is 7.92. The van der Waals surface area contributed by atoms with Crippen LogP contribution in [0.25, 0.3) is 0 Å². The summed E-state index contributed by atoms with van der Waals surface area (Å²) in [4.78, 5) is 0. The van der Waals surface area contributed by atoms with Gasteiger partial charge >= 0.3 is 0 Å². The predicted octanol–water partition coefficient (Wildman–Crippen LogP) is 3.09. The minimum atomic E-state index is -0.466. The van der Waals surface area contributed by atoms with Crippen molar-refractivity contribution in [3.63, 3.8) is 0 Å². The van der Waals surface area contributed by atoms with Crippen LogP contribution in [-0.4, -0.2) is 24.9 Å². The number of aliphatic hydroxyl groups is 1. The highest BCUT2D eigenvalue weighted by Gasteiger charge is 2.12. The lowest BCUT2D eigenvalue weighted by atomic mass is 10.1. The molecule has 4 heteroatoms. The van der Waals surface area contributed by atoms with Crippen LogP contribution in [0, 0.1) is 5.82 Å². The summed E-state index contributed by atoms with van der Waals surface area (Å²) < 4.78 is 18.4. The minimum absolute atomic E-state index is 0.0000710. The first kappa shape index (κ1) is 16.5. The van der Waals surface area contributed by atoms with Crippen molar-refractivity contribution in [1.29, 1.82) is 0 Å². The van der Waals surface area contributed by atoms with E-state index in [0.717, 1.165) is 11.1 Å². The van der Waals surface area contributed by atoms with Crippen molar-refractivity contribution < 1.29 is 14.2 Å². The van der Waals surface area contributed by atoms with Gasteiger partial charge in [0, 0.05) is 12.6 Å². The van der Waals surface area contributed by atoms with Crippen LogP contribution in [0.15, 0.2) is 48.5 Å². The maximum absolute atomic E-state index is 13.4. The van der Waals surface area contributed by atoms with E-state index in [-0.39, 0.29) is 17.6 Å². The molecule has 3 nitrogen and oxygen atoms in total. The molecule has 0 aliphatic heterocycles. The summed E-state index contributed by atoms with van der Waals surface area (Å²) in [5.41, 5.74) is 2.03. The molecule has 0 heterocycles. The van der Waals surface area contributed by atoms with Gasteiger partial charge in [0.05, 0.1) is 13.2 Å². The molecule has 118 valence electrons. The molecule has 2 unspecified atom stereocenters. The normalized spacial score (nSPS) is 13.6. The molecule has 0 fully saturated rings. The summed E-state index contributed by atoms with van der Waals surface area (Å²) in [6.45, 7) is 2.44. The van der Waals surface area contributed by atoms with Crippen LogP contribution < -0.4 is 10.1 Å². The third-order valence-corrected chi connectivity index (χ3v) is 3.65. The van der Waals surface area contributed by atoms with Crippen molar-refractivity contribution >= 4 is 0 Å². The largest absolute Gasteiger partial charge is 0.494 e. The molecule has 2 N–H and O–H groups in total. The quantitative estimate of drug-likeness (QED) is 0.826. The third kappa shape index (κ3) is 4.55. The van der Waals surface area contributed by atoms with Crippen molar-refractivity contribution in [2.75, 3.05) is 13.7 Å². The predicted molar refractivity (Wildman–Crippen MR) is 85.5 cm³/mol. The Labute approximate surface area is 130 Å². The van der Waals surface area contributed by atoms with Gasteiger partial charge in [-0.05, 0) is 36.6 Å². The van der Waals surface area contributed by atoms with Crippen molar-refractivity contribution in [3.05, 3.63) is 65.5 Å². The van der Waals surface area contributed by atoms with E-state index in [9.17, 15) is 9.50 Å². The monoisotopic (exact) mass is 303 g/mol. The molecule has 0 radical (unpaired) electrons. The summed E-state index contributed by atoms with van der Waals surface area (Å²) >= 11 is 0. The zero-order chi connectivity index (χ0) is 15.9. The van der Waals surface area contributed by atoms with Crippen molar-refractivity contribution in [3.8, 4) is 5.75 Å². The van der Waals surface area contributed by atoms with Gasteiger partial charge in [-0.3, -0.25) is 0 Å². The molecule has 2 aromatic carbocycles. The van der Waals surface area contributed by atoms with Gasteiger partial charge in [-0.15, -0.1) is 0 Å². The van der Waals surface area contributed by atoms with E-state index in [0.29, 0.717) is 13.0 Å². The molecule has 2 atom stereocenters. The number of nitrogens with one attached hydrogen (secondary N) is 1. The third-order valence-electron chi connectivity index (χ3n) is 3.65. The molecule has 2 rings (SSSR count). The number of ether oxygens (including phenoxy) is 1. The maximum atomic E-state index is 13.4. The number of aliphatic hydroxyl groups excluding tert-OH is 1. The molecule has 0 bridgehead atoms. The minimum Gasteiger partial charge on any atom is -0.494 e. The average Bonchev–Trinajstić information content (AvgIpc) is 2.54. The van der Waals surface area contributed by atoms with Gasteiger partial charge < -0.3 is 15.2 Å². The Morgan fingerprint density at radius 1 is 1.18 bits per heavy atom. The standard InChI is InChI=1S/C18H22FNO2/c1-13(15-8-9-17(19)18(11-15)22-2)20-12-16(21)10-14-6-4-3-5-7-14/h3-9,11,13,16,20-21H,10,12H2,1-2H3. The van der Waals surface area contributed by atoms with Crippen LogP contribution in [0.3, 0.4) is 0 Å². The lowest BCUT2D eigenvalue weighted by molar-refractivity contribution is 0.168. The van der Waals surface area contributed by atoms with Crippen LogP contribution in [0.5, 0.6) is 5.75 Å². The summed E-state index contributed by atoms with van der Waals surface area (Å²) in [5.74, 6) is -0.140. The Kier molecular flexibility index (Phi) is 5.92. The molecular formula is C18H22FNO2. The smallest absolute Gasteiger partial charge is 0.165 e. The molecule has 0 aromatic heterocycles. The zero-order valence-electron chi connectivity index (χ0n) is 12.9. The van der Waals surface area contributed by atoms with Crippen LogP contribution >= 0.6 is 0 Å². The van der Waals surface area contributed by atoms with E-state index in [4.69, 9.17) is 4.74 Å². The number of methoxy groups -OCH3 is 1. The molecule has 0 aliphatic carbocycles. The fourth-order valence-electron chi connectivity index (χ4n) is 2.33. The molecule has 22 heavy (non-hydrogen) atoms. The fourth-order valence-corrected chi connectivity index (χ4v) is 2.33. The Bertz CT molecular complexity index is 589. The second-order valence-corrected chi connectivity index (χ2v) is 5.37. The Hall–Kier alpha value is -1.91. The summed E-state index contributed by atoms with van der Waals surface area (Å²) in [7, 11) is 1.45. The number of benzene rings is 2. The molecule has 0 saturated carbocycles. The zero-order valence-corrected chi connectivity index (χ0v) is 12.9. The highest BCUT2D eigenvalue weighted by molar-refractivity contribution is 5.31. The number of halogens is 1. The molecule has 0 amide bonds. The van der Waals surface area contributed by atoms with Gasteiger partial charge in [0.15, 0.2) is 11.6 Å². The summed E-state index contributed by atoms with van der Waals surface area (Å²) in [6, 6.07) is 14.7. The van der Waals surface area contributed by atoms with Gasteiger partial charge in [0.1, 0.15) is 0 Å². The van der Waals surface area contributed by atoms with Crippen molar-refractivity contribution in [2.45, 2.75) is 25.5 Å². The Balaban J connectivity index is 1.88. The van der Waals surface area contributed by atoms with Gasteiger partial charge in [0.25, 0.3) is 0 Å². The molecule has 0 spiro atoms. The van der Waals surface area contributed by atoms with Crippen LogP contribution in [0.2, 0.25) is 0 Å². The van der Waals surface area contributed by atoms with Gasteiger partial charge in [-0.1, -0.05) is 36.4 Å². The van der Waals surface area contributed by atoms with E-state index in [1.54, 1.807) is 12.1 Å². The molecular weight excluding hydrogens is 281 g/mol. The van der Waals surface area contributed by atoms with Crippen LogP contribution in [-0.2, 0) is 6.42 Å². The highest BCUT2D eigenvalue weighted by atomic mass is 19.1. The highest BCUT2D eigenvalue weighted by Crippen LogP contribution is 2.22. The average molecular weight is 303 g/mol. The van der Waals surface area contributed by atoms with Crippen molar-refractivity contribution in [2.24, 2.45) is 0 Å². The summed E-state index contributed by atoms with van der Waals surface area (Å²) in [5, 5.41) is 13.4. The lowest BCUT2D eigenvalue weighted by Gasteiger charge is -2.18. The molecule has 0 aliphatic rings. The van der Waals surface area contributed by atoms with Crippen LogP contribution in [0.4, 0.5) is 4.39 Å².